The normalized spacial score (nSPS) is 21.3. The quantitative estimate of drug-likeness (QED) is 0.822. The van der Waals surface area contributed by atoms with Crippen LogP contribution in [0, 0.1) is 0 Å². The Balaban J connectivity index is 1.80. The molecule has 7 heteroatoms. The summed E-state index contributed by atoms with van der Waals surface area (Å²) in [7, 11) is -3.29. The van der Waals surface area contributed by atoms with Gasteiger partial charge in [-0.15, -0.1) is 0 Å². The number of hydrogen-bond donors (Lipinski definition) is 2. The van der Waals surface area contributed by atoms with Gasteiger partial charge in [-0.2, -0.15) is 0 Å². The van der Waals surface area contributed by atoms with E-state index in [0.29, 0.717) is 18.2 Å². The lowest BCUT2D eigenvalue weighted by atomic mass is 10.0. The first-order chi connectivity index (χ1) is 8.16. The molecule has 0 spiro atoms. The van der Waals surface area contributed by atoms with Gasteiger partial charge >= 0.3 is 0 Å². The maximum absolute atomic E-state index is 11.7. The maximum atomic E-state index is 11.7. The Kier molecular flexibility index (Phi) is 4.01. The number of piperidine rings is 1. The molecule has 96 valence electrons. The van der Waals surface area contributed by atoms with Crippen LogP contribution in [0.1, 0.15) is 25.7 Å². The van der Waals surface area contributed by atoms with Gasteiger partial charge in [0.1, 0.15) is 12.0 Å². The van der Waals surface area contributed by atoms with Crippen molar-refractivity contribution < 1.29 is 12.9 Å². The van der Waals surface area contributed by atoms with Crippen LogP contribution in [0.2, 0.25) is 0 Å². The fourth-order valence-corrected chi connectivity index (χ4v) is 3.11. The summed E-state index contributed by atoms with van der Waals surface area (Å²) in [6.45, 7) is 0.990. The summed E-state index contributed by atoms with van der Waals surface area (Å²) in [5.74, 6) is 0.121. The molecule has 6 nitrogen and oxygen atoms in total. The number of rotatable bonds is 5. The van der Waals surface area contributed by atoms with E-state index >= 15 is 0 Å². The second-order valence-corrected chi connectivity index (χ2v) is 6.11. The van der Waals surface area contributed by atoms with Crippen LogP contribution in [-0.4, -0.2) is 31.9 Å². The first-order valence-electron chi connectivity index (χ1n) is 5.79. The molecular formula is C10H17N3O3S. The number of sulfonamides is 1. The fourth-order valence-electron chi connectivity index (χ4n) is 1.95. The molecule has 1 unspecified atom stereocenters. The first-order valence-corrected chi connectivity index (χ1v) is 7.44. The van der Waals surface area contributed by atoms with Crippen LogP contribution >= 0.6 is 0 Å². The highest BCUT2D eigenvalue weighted by atomic mass is 32.2. The molecule has 2 rings (SSSR count). The summed E-state index contributed by atoms with van der Waals surface area (Å²) in [5, 5.41) is 6.77. The third-order valence-corrected chi connectivity index (χ3v) is 4.17. The number of nitrogens with one attached hydrogen (secondary N) is 2. The van der Waals surface area contributed by atoms with E-state index in [4.69, 9.17) is 0 Å². The Morgan fingerprint density at radius 2 is 2.41 bits per heavy atom. The van der Waals surface area contributed by atoms with E-state index in [-0.39, 0.29) is 5.75 Å². The van der Waals surface area contributed by atoms with Crippen molar-refractivity contribution in [1.82, 2.24) is 10.5 Å². The molecule has 0 amide bonds. The molecule has 2 N–H and O–H groups in total. The Morgan fingerprint density at radius 3 is 3.06 bits per heavy atom. The van der Waals surface area contributed by atoms with Gasteiger partial charge in [-0.1, -0.05) is 11.6 Å². The third kappa shape index (κ3) is 4.01. The lowest BCUT2D eigenvalue weighted by Crippen LogP contribution is -2.36. The molecular weight excluding hydrogens is 242 g/mol. The Hall–Kier alpha value is -1.08. The molecule has 1 aliphatic rings. The molecule has 1 atom stereocenters. The van der Waals surface area contributed by atoms with Crippen molar-refractivity contribution in [3.05, 3.63) is 12.5 Å². The Bertz CT molecular complexity index is 424. The molecule has 17 heavy (non-hydrogen) atoms. The van der Waals surface area contributed by atoms with Crippen LogP contribution in [0.4, 0.5) is 5.69 Å². The monoisotopic (exact) mass is 259 g/mol. The largest absolute Gasteiger partial charge is 0.362 e. The van der Waals surface area contributed by atoms with Crippen molar-refractivity contribution in [2.24, 2.45) is 0 Å². The number of anilines is 1. The minimum absolute atomic E-state index is 0.121. The molecule has 0 radical (unpaired) electrons. The predicted octanol–water partition coefficient (Wildman–Crippen LogP) is 0.948. The van der Waals surface area contributed by atoms with Gasteiger partial charge in [0, 0.05) is 6.04 Å². The third-order valence-electron chi connectivity index (χ3n) is 2.85. The van der Waals surface area contributed by atoms with Gasteiger partial charge in [0.05, 0.1) is 11.9 Å². The van der Waals surface area contributed by atoms with Crippen LogP contribution in [-0.2, 0) is 10.0 Å². The molecule has 1 fully saturated rings. The van der Waals surface area contributed by atoms with E-state index in [1.165, 1.54) is 25.3 Å². The molecule has 1 aromatic heterocycles. The lowest BCUT2D eigenvalue weighted by Gasteiger charge is -2.23. The van der Waals surface area contributed by atoms with Crippen LogP contribution in [0.15, 0.2) is 17.0 Å². The predicted molar refractivity (Wildman–Crippen MR) is 64.2 cm³/mol. The molecule has 0 aliphatic carbocycles. The number of aromatic nitrogens is 1. The van der Waals surface area contributed by atoms with Crippen molar-refractivity contribution >= 4 is 15.7 Å². The molecule has 2 heterocycles. The standard InChI is InChI=1S/C10H17N3O3S/c14-17(15,13-10-7-12-16-8-10)6-4-9-3-1-2-5-11-9/h7-9,11,13H,1-6H2. The van der Waals surface area contributed by atoms with Crippen molar-refractivity contribution in [3.8, 4) is 0 Å². The van der Waals surface area contributed by atoms with Gasteiger partial charge in [0.25, 0.3) is 0 Å². The van der Waals surface area contributed by atoms with Gasteiger partial charge in [-0.3, -0.25) is 4.72 Å². The number of hydrogen-bond acceptors (Lipinski definition) is 5. The van der Waals surface area contributed by atoms with E-state index in [0.717, 1.165) is 13.0 Å². The van der Waals surface area contributed by atoms with E-state index in [9.17, 15) is 8.42 Å². The highest BCUT2D eigenvalue weighted by Crippen LogP contribution is 2.13. The minimum Gasteiger partial charge on any atom is -0.362 e. The molecule has 0 bridgehead atoms. The average molecular weight is 259 g/mol. The maximum Gasteiger partial charge on any atom is 0.232 e. The van der Waals surface area contributed by atoms with Gasteiger partial charge in [0.15, 0.2) is 0 Å². The Labute approximate surface area is 101 Å². The van der Waals surface area contributed by atoms with Gasteiger partial charge in [-0.05, 0) is 25.8 Å². The van der Waals surface area contributed by atoms with Crippen molar-refractivity contribution in [1.29, 1.82) is 0 Å². The molecule has 1 aliphatic heterocycles. The zero-order chi connectivity index (χ0) is 12.1. The summed E-state index contributed by atoms with van der Waals surface area (Å²) in [6, 6.07) is 0.322. The van der Waals surface area contributed by atoms with Crippen molar-refractivity contribution in [2.75, 3.05) is 17.0 Å². The highest BCUT2D eigenvalue weighted by Gasteiger charge is 2.17. The summed E-state index contributed by atoms with van der Waals surface area (Å²) in [4.78, 5) is 0. The molecule has 0 saturated carbocycles. The number of nitrogens with zero attached hydrogens (tertiary/aromatic N) is 1. The van der Waals surface area contributed by atoms with Crippen LogP contribution < -0.4 is 10.0 Å². The first kappa shape index (κ1) is 12.4. The van der Waals surface area contributed by atoms with Crippen molar-refractivity contribution in [3.63, 3.8) is 0 Å². The van der Waals surface area contributed by atoms with Gasteiger partial charge in [-0.25, -0.2) is 8.42 Å². The zero-order valence-electron chi connectivity index (χ0n) is 9.55. The summed E-state index contributed by atoms with van der Waals surface area (Å²) < 4.78 is 30.5. The topological polar surface area (TPSA) is 84.2 Å². The minimum atomic E-state index is -3.29. The highest BCUT2D eigenvalue weighted by molar-refractivity contribution is 7.92. The fraction of sp³-hybridized carbons (Fsp3) is 0.700. The SMILES string of the molecule is O=S(=O)(CCC1CCCCN1)Nc1cnoc1. The van der Waals surface area contributed by atoms with Gasteiger partial charge in [0.2, 0.25) is 10.0 Å². The molecule has 0 aromatic carbocycles. The van der Waals surface area contributed by atoms with E-state index < -0.39 is 10.0 Å². The van der Waals surface area contributed by atoms with E-state index in [1.54, 1.807) is 0 Å². The summed E-state index contributed by atoms with van der Waals surface area (Å²) >= 11 is 0. The second-order valence-electron chi connectivity index (χ2n) is 4.27. The summed E-state index contributed by atoms with van der Waals surface area (Å²) in [5.41, 5.74) is 0.376. The van der Waals surface area contributed by atoms with Crippen LogP contribution in [0.25, 0.3) is 0 Å². The van der Waals surface area contributed by atoms with Gasteiger partial charge < -0.3 is 9.84 Å². The molecule has 1 saturated heterocycles. The van der Waals surface area contributed by atoms with Crippen molar-refractivity contribution in [2.45, 2.75) is 31.7 Å². The van der Waals surface area contributed by atoms with E-state index in [2.05, 4.69) is 19.7 Å². The van der Waals surface area contributed by atoms with E-state index in [1.807, 2.05) is 0 Å². The molecule has 1 aromatic rings. The van der Waals surface area contributed by atoms with Crippen LogP contribution in [0.5, 0.6) is 0 Å². The zero-order valence-corrected chi connectivity index (χ0v) is 10.4. The average Bonchev–Trinajstić information content (AvgIpc) is 2.80. The second kappa shape index (κ2) is 5.50. The summed E-state index contributed by atoms with van der Waals surface area (Å²) in [6.07, 6.45) is 6.68. The Morgan fingerprint density at radius 1 is 1.53 bits per heavy atom. The smallest absolute Gasteiger partial charge is 0.232 e. The van der Waals surface area contributed by atoms with Crippen LogP contribution in [0.3, 0.4) is 0 Å². The lowest BCUT2D eigenvalue weighted by molar-refractivity contribution is 0.393.